The van der Waals surface area contributed by atoms with Crippen LogP contribution in [0.15, 0.2) is 28.8 Å². The molecule has 130 valence electrons. The number of benzene rings is 1. The summed E-state index contributed by atoms with van der Waals surface area (Å²) >= 11 is 0. The summed E-state index contributed by atoms with van der Waals surface area (Å²) in [4.78, 5) is 19.0. The predicted octanol–water partition coefficient (Wildman–Crippen LogP) is 2.97. The zero-order chi connectivity index (χ0) is 17.6. The van der Waals surface area contributed by atoms with Crippen LogP contribution in [0.2, 0.25) is 0 Å². The van der Waals surface area contributed by atoms with E-state index in [1.54, 1.807) is 0 Å². The molecular weight excluding hydrogens is 316 g/mol. The summed E-state index contributed by atoms with van der Waals surface area (Å²) in [5, 5.41) is 3.95. The lowest BCUT2D eigenvalue weighted by molar-refractivity contribution is -0.136. The highest BCUT2D eigenvalue weighted by atomic mass is 16.5. The van der Waals surface area contributed by atoms with Crippen LogP contribution in [0.25, 0.3) is 11.0 Å². The monoisotopic (exact) mass is 338 g/mol. The van der Waals surface area contributed by atoms with Crippen LogP contribution in [-0.2, 0) is 11.2 Å². The molecule has 0 spiro atoms. The van der Waals surface area contributed by atoms with Crippen molar-refractivity contribution in [2.24, 2.45) is 0 Å². The van der Waals surface area contributed by atoms with Crippen LogP contribution in [0.1, 0.15) is 35.3 Å². The average molecular weight is 338 g/mol. The van der Waals surface area contributed by atoms with Gasteiger partial charge in [0, 0.05) is 25.1 Å². The second-order valence-corrected chi connectivity index (χ2v) is 6.77. The number of aryl methyl sites for hydroxylation is 3. The Bertz CT molecular complexity index is 915. The molecule has 2 aromatic heterocycles. The van der Waals surface area contributed by atoms with E-state index in [1.807, 2.05) is 43.9 Å². The first kappa shape index (κ1) is 15.9. The first-order valence-corrected chi connectivity index (χ1v) is 8.67. The Morgan fingerprint density at radius 2 is 2.00 bits per heavy atom. The fourth-order valence-electron chi connectivity index (χ4n) is 3.70. The van der Waals surface area contributed by atoms with Crippen LogP contribution in [-0.4, -0.2) is 38.6 Å². The quantitative estimate of drug-likeness (QED) is 0.734. The van der Waals surface area contributed by atoms with Gasteiger partial charge in [-0.1, -0.05) is 17.3 Å². The summed E-state index contributed by atoms with van der Waals surface area (Å²) in [5.41, 5.74) is 4.10. The highest BCUT2D eigenvalue weighted by Gasteiger charge is 2.33. The summed E-state index contributed by atoms with van der Waals surface area (Å²) in [5.74, 6) is 2.01. The van der Waals surface area contributed by atoms with Crippen molar-refractivity contribution >= 4 is 16.9 Å². The molecule has 1 aliphatic rings. The fraction of sp³-hybridized carbons (Fsp3) is 0.421. The predicted molar refractivity (Wildman–Crippen MR) is 94.4 cm³/mol. The molecule has 6 nitrogen and oxygen atoms in total. The second-order valence-electron chi connectivity index (χ2n) is 6.77. The Balaban J connectivity index is 1.40. The van der Waals surface area contributed by atoms with Crippen molar-refractivity contribution in [3.05, 3.63) is 47.1 Å². The maximum Gasteiger partial charge on any atom is 0.223 e. The van der Waals surface area contributed by atoms with Gasteiger partial charge in [0.1, 0.15) is 11.6 Å². The third-order valence-corrected chi connectivity index (χ3v) is 5.12. The number of para-hydroxylation sites is 2. The SMILES string of the molecule is Cc1noc(C)c1CCC(=O)N1CC(n2c(C)nc3ccccc32)C1. The summed E-state index contributed by atoms with van der Waals surface area (Å²) in [6.45, 7) is 7.35. The lowest BCUT2D eigenvalue weighted by atomic mass is 10.0. The van der Waals surface area contributed by atoms with Gasteiger partial charge in [-0.2, -0.15) is 0 Å². The van der Waals surface area contributed by atoms with Crippen LogP contribution in [0.3, 0.4) is 0 Å². The molecule has 1 aliphatic heterocycles. The molecule has 25 heavy (non-hydrogen) atoms. The van der Waals surface area contributed by atoms with E-state index in [1.165, 1.54) is 0 Å². The van der Waals surface area contributed by atoms with Crippen molar-refractivity contribution < 1.29 is 9.32 Å². The number of aromatic nitrogens is 3. The van der Waals surface area contributed by atoms with E-state index in [4.69, 9.17) is 4.52 Å². The smallest absolute Gasteiger partial charge is 0.223 e. The molecule has 0 radical (unpaired) electrons. The van der Waals surface area contributed by atoms with E-state index < -0.39 is 0 Å². The minimum absolute atomic E-state index is 0.193. The Kier molecular flexibility index (Phi) is 3.82. The van der Waals surface area contributed by atoms with Crippen LogP contribution in [0.5, 0.6) is 0 Å². The average Bonchev–Trinajstić information content (AvgIpc) is 3.04. The molecule has 1 fully saturated rings. The molecule has 0 unspecified atom stereocenters. The van der Waals surface area contributed by atoms with Crippen LogP contribution < -0.4 is 0 Å². The first-order valence-electron chi connectivity index (χ1n) is 8.67. The number of likely N-dealkylation sites (tertiary alicyclic amines) is 1. The molecule has 0 bridgehead atoms. The number of imidazole rings is 1. The van der Waals surface area contributed by atoms with Crippen LogP contribution in [0, 0.1) is 20.8 Å². The van der Waals surface area contributed by atoms with E-state index in [0.29, 0.717) is 18.9 Å². The van der Waals surface area contributed by atoms with Gasteiger partial charge in [0.05, 0.1) is 22.8 Å². The highest BCUT2D eigenvalue weighted by molar-refractivity contribution is 5.78. The molecule has 1 saturated heterocycles. The maximum atomic E-state index is 12.5. The number of carbonyl (C=O) groups excluding carboxylic acids is 1. The zero-order valence-electron chi connectivity index (χ0n) is 14.8. The molecule has 3 aromatic rings. The van der Waals surface area contributed by atoms with E-state index in [-0.39, 0.29) is 5.91 Å². The molecule has 3 heterocycles. The second kappa shape index (κ2) is 6.02. The number of nitrogens with zero attached hydrogens (tertiary/aromatic N) is 4. The van der Waals surface area contributed by atoms with Crippen molar-refractivity contribution in [1.29, 1.82) is 0 Å². The highest BCUT2D eigenvalue weighted by Crippen LogP contribution is 2.28. The fourth-order valence-corrected chi connectivity index (χ4v) is 3.70. The topological polar surface area (TPSA) is 64.2 Å². The molecule has 0 atom stereocenters. The lowest BCUT2D eigenvalue weighted by Gasteiger charge is -2.40. The van der Waals surface area contributed by atoms with Gasteiger partial charge >= 0.3 is 0 Å². The van der Waals surface area contributed by atoms with Gasteiger partial charge in [0.15, 0.2) is 0 Å². The number of rotatable bonds is 4. The molecule has 0 N–H and O–H groups in total. The van der Waals surface area contributed by atoms with Crippen molar-refractivity contribution in [3.8, 4) is 0 Å². The number of carbonyl (C=O) groups is 1. The van der Waals surface area contributed by atoms with E-state index in [2.05, 4.69) is 20.8 Å². The molecule has 0 saturated carbocycles. The summed E-state index contributed by atoms with van der Waals surface area (Å²) in [6, 6.07) is 8.48. The molecule has 0 aliphatic carbocycles. The van der Waals surface area contributed by atoms with Gasteiger partial charge in [-0.15, -0.1) is 0 Å². The van der Waals surface area contributed by atoms with Gasteiger partial charge < -0.3 is 14.0 Å². The lowest BCUT2D eigenvalue weighted by Crippen LogP contribution is -2.51. The van der Waals surface area contributed by atoms with Gasteiger partial charge in [0.2, 0.25) is 5.91 Å². The Hall–Kier alpha value is -2.63. The number of hydrogen-bond acceptors (Lipinski definition) is 4. The Morgan fingerprint density at radius 1 is 1.24 bits per heavy atom. The molecule has 1 aromatic carbocycles. The van der Waals surface area contributed by atoms with E-state index in [0.717, 1.165) is 47.0 Å². The zero-order valence-corrected chi connectivity index (χ0v) is 14.8. The number of amides is 1. The van der Waals surface area contributed by atoms with Gasteiger partial charge in [-0.05, 0) is 39.3 Å². The van der Waals surface area contributed by atoms with Crippen molar-refractivity contribution in [3.63, 3.8) is 0 Å². The third kappa shape index (κ3) is 2.71. The maximum absolute atomic E-state index is 12.5. The van der Waals surface area contributed by atoms with Crippen LogP contribution in [0.4, 0.5) is 0 Å². The summed E-state index contributed by atoms with van der Waals surface area (Å²) < 4.78 is 7.42. The number of fused-ring (bicyclic) bond motifs is 1. The molecule has 6 heteroatoms. The minimum Gasteiger partial charge on any atom is -0.361 e. The molecule has 4 rings (SSSR count). The van der Waals surface area contributed by atoms with Crippen molar-refractivity contribution in [2.75, 3.05) is 13.1 Å². The standard InChI is InChI=1S/C19H22N4O2/c1-12-16(13(2)25-21-12)8-9-19(24)22-10-15(11-22)23-14(3)20-17-6-4-5-7-18(17)23/h4-7,15H,8-11H2,1-3H3. The minimum atomic E-state index is 0.193. The van der Waals surface area contributed by atoms with E-state index in [9.17, 15) is 4.79 Å². The van der Waals surface area contributed by atoms with Crippen molar-refractivity contribution in [1.82, 2.24) is 19.6 Å². The normalized spacial score (nSPS) is 14.9. The van der Waals surface area contributed by atoms with Gasteiger partial charge in [-0.3, -0.25) is 4.79 Å². The van der Waals surface area contributed by atoms with E-state index >= 15 is 0 Å². The Morgan fingerprint density at radius 3 is 2.72 bits per heavy atom. The van der Waals surface area contributed by atoms with Crippen molar-refractivity contribution in [2.45, 2.75) is 39.7 Å². The van der Waals surface area contributed by atoms with Gasteiger partial charge in [-0.25, -0.2) is 4.98 Å². The van der Waals surface area contributed by atoms with Crippen LogP contribution >= 0.6 is 0 Å². The summed E-state index contributed by atoms with van der Waals surface area (Å²) in [6.07, 6.45) is 1.19. The Labute approximate surface area is 146 Å². The van der Waals surface area contributed by atoms with Gasteiger partial charge in [0.25, 0.3) is 0 Å². The third-order valence-electron chi connectivity index (χ3n) is 5.12. The summed E-state index contributed by atoms with van der Waals surface area (Å²) in [7, 11) is 0. The largest absolute Gasteiger partial charge is 0.361 e. The molecule has 1 amide bonds. The molecular formula is C19H22N4O2. The number of hydrogen-bond donors (Lipinski definition) is 0. The first-order chi connectivity index (χ1) is 12.0.